The van der Waals surface area contributed by atoms with Crippen molar-refractivity contribution in [2.24, 2.45) is 0 Å². The minimum atomic E-state index is -3.65. The molecule has 0 spiro atoms. The first kappa shape index (κ1) is 26.8. The molecule has 0 fully saturated rings. The fourth-order valence-corrected chi connectivity index (χ4v) is 5.05. The van der Waals surface area contributed by atoms with Crippen molar-refractivity contribution in [3.05, 3.63) is 64.2 Å². The highest BCUT2D eigenvalue weighted by Gasteiger charge is 2.25. The summed E-state index contributed by atoms with van der Waals surface area (Å²) in [6, 6.07) is 7.89. The number of hydrogen-bond acceptors (Lipinski definition) is 8. The van der Waals surface area contributed by atoms with Crippen molar-refractivity contribution in [2.75, 3.05) is 30.0 Å². The van der Waals surface area contributed by atoms with E-state index in [2.05, 4.69) is 25.9 Å². The smallest absolute Gasteiger partial charge is 0.307 e. The maximum Gasteiger partial charge on any atom is 0.307 e. The van der Waals surface area contributed by atoms with Gasteiger partial charge in [-0.05, 0) is 18.4 Å². The molecule has 5 rings (SSSR count). The van der Waals surface area contributed by atoms with Gasteiger partial charge in [0.25, 0.3) is 0 Å². The Hall–Kier alpha value is -4.26. The first-order chi connectivity index (χ1) is 17.6. The van der Waals surface area contributed by atoms with Crippen LogP contribution in [0.4, 0.5) is 27.4 Å². The molecule has 0 atom stereocenters. The number of methoxy groups -OCH3 is 1. The van der Waals surface area contributed by atoms with Gasteiger partial charge in [-0.25, -0.2) is 18.4 Å². The second-order valence-corrected chi connectivity index (χ2v) is 10.7. The number of anilines is 3. The number of benzene rings is 2. The summed E-state index contributed by atoms with van der Waals surface area (Å²) in [5, 5.41) is 15.0. The van der Waals surface area contributed by atoms with E-state index in [1.54, 1.807) is 0 Å². The van der Waals surface area contributed by atoms with Crippen LogP contribution in [-0.2, 0) is 23.0 Å². The summed E-state index contributed by atoms with van der Waals surface area (Å²) < 4.78 is 47.4. The van der Waals surface area contributed by atoms with E-state index in [1.807, 2.05) is 18.3 Å². The quantitative estimate of drug-likeness (QED) is 0.258. The van der Waals surface area contributed by atoms with Gasteiger partial charge in [0.05, 0.1) is 41.4 Å². The predicted molar refractivity (Wildman–Crippen MR) is 144 cm³/mol. The zero-order valence-electron chi connectivity index (χ0n) is 20.2. The van der Waals surface area contributed by atoms with Crippen LogP contribution < -0.4 is 14.4 Å². The lowest BCUT2D eigenvalue weighted by atomic mass is 10.0. The maximum atomic E-state index is 14.1. The van der Waals surface area contributed by atoms with Crippen LogP contribution >= 0.6 is 0 Å². The van der Waals surface area contributed by atoms with E-state index in [9.17, 15) is 22.9 Å². The molecular weight excluding hydrogens is 515 g/mol. The van der Waals surface area contributed by atoms with E-state index in [1.165, 1.54) is 25.9 Å². The second-order valence-electron chi connectivity index (χ2n) is 8.70. The highest BCUT2D eigenvalue weighted by molar-refractivity contribution is 7.92. The fraction of sp³-hybridized carbons (Fsp3) is 0.280. The Kier molecular flexibility index (Phi) is 6.98. The number of aryl methyl sites for hydroxylation is 2. The average molecular weight is 543 g/mol. The number of nitrogens with zero attached hydrogens (tertiary/aromatic N) is 5. The molecule has 2 aromatic heterocycles. The molecule has 0 saturated heterocycles. The molecule has 1 N–H and O–H groups in total. The first-order valence-electron chi connectivity index (χ1n) is 11.3. The molecule has 0 unspecified atom stereocenters. The number of aromatic nitrogens is 3. The Balaban J connectivity index is 0.00000336. The molecule has 0 aliphatic carbocycles. The van der Waals surface area contributed by atoms with Gasteiger partial charge >= 0.3 is 5.69 Å². The van der Waals surface area contributed by atoms with Gasteiger partial charge in [-0.15, -0.1) is 0 Å². The summed E-state index contributed by atoms with van der Waals surface area (Å²) in [5.41, 5.74) is 2.92. The number of ether oxygens (including phenoxy) is 1. The molecule has 0 radical (unpaired) electrons. The zero-order chi connectivity index (χ0) is 26.5. The van der Waals surface area contributed by atoms with Gasteiger partial charge in [0.2, 0.25) is 21.8 Å². The molecule has 38 heavy (non-hydrogen) atoms. The van der Waals surface area contributed by atoms with Gasteiger partial charge in [-0.3, -0.25) is 14.4 Å². The second kappa shape index (κ2) is 9.89. The van der Waals surface area contributed by atoms with Crippen molar-refractivity contribution in [2.45, 2.75) is 26.8 Å². The van der Waals surface area contributed by atoms with Gasteiger partial charge < -0.3 is 14.6 Å². The molecule has 2 aromatic carbocycles. The maximum absolute atomic E-state index is 14.1. The van der Waals surface area contributed by atoms with Gasteiger partial charge in [0.15, 0.2) is 0 Å². The van der Waals surface area contributed by atoms with Crippen molar-refractivity contribution in [3.63, 3.8) is 0 Å². The molecule has 1 aliphatic heterocycles. The van der Waals surface area contributed by atoms with Crippen LogP contribution in [0.2, 0.25) is 0 Å². The lowest BCUT2D eigenvalue weighted by molar-refractivity contribution is -0.387. The summed E-state index contributed by atoms with van der Waals surface area (Å²) >= 11 is 0. The SMILES string of the molecule is C.COc1cc(F)c([N+](=O)[O-])cc1Nc1ncc(N(C)S(C)(=O)=O)c(-c2cn3c4c(cccc24)CCC3)n1. The third kappa shape index (κ3) is 4.60. The monoisotopic (exact) mass is 542 g/mol. The topological polar surface area (TPSA) is 132 Å². The standard InChI is InChI=1S/C24H23FN6O5S.CH4/c1-29(37(3,34)35)20-12-26-24(27-18-11-19(31(32)33)17(25)10-21(18)36-2)28-22(20)16-13-30-9-5-7-14-6-4-8-15(16)23(14)30;/h4,6,8,10-13H,5,7,9H2,1-3H3,(H,26,27,28);1H4. The number of halogens is 1. The zero-order valence-corrected chi connectivity index (χ0v) is 21.0. The fourth-order valence-electron chi connectivity index (χ4n) is 4.56. The van der Waals surface area contributed by atoms with Crippen molar-refractivity contribution < 1.29 is 22.5 Å². The highest BCUT2D eigenvalue weighted by atomic mass is 32.2. The minimum Gasteiger partial charge on any atom is -0.494 e. The minimum absolute atomic E-state index is 0. The van der Waals surface area contributed by atoms with E-state index in [0.29, 0.717) is 11.3 Å². The molecule has 0 amide bonds. The van der Waals surface area contributed by atoms with Crippen LogP contribution in [0.15, 0.2) is 42.7 Å². The van der Waals surface area contributed by atoms with Crippen LogP contribution in [0.1, 0.15) is 19.4 Å². The number of nitro groups is 1. The van der Waals surface area contributed by atoms with Crippen LogP contribution in [0, 0.1) is 15.9 Å². The number of rotatable bonds is 7. The number of hydrogen-bond donors (Lipinski definition) is 1. The Morgan fingerprint density at radius 1 is 1.29 bits per heavy atom. The van der Waals surface area contributed by atoms with Crippen LogP contribution in [0.5, 0.6) is 5.75 Å². The lowest BCUT2D eigenvalue weighted by Crippen LogP contribution is -2.26. The Bertz CT molecular complexity index is 1670. The highest BCUT2D eigenvalue weighted by Crippen LogP contribution is 2.40. The largest absolute Gasteiger partial charge is 0.494 e. The number of nitro benzene ring substituents is 1. The summed E-state index contributed by atoms with van der Waals surface area (Å²) in [6.45, 7) is 0.817. The number of para-hydroxylation sites is 1. The molecule has 11 nitrogen and oxygen atoms in total. The van der Waals surface area contributed by atoms with Gasteiger partial charge in [-0.2, -0.15) is 4.39 Å². The van der Waals surface area contributed by atoms with Gasteiger partial charge in [0, 0.05) is 42.9 Å². The van der Waals surface area contributed by atoms with Crippen molar-refractivity contribution in [1.29, 1.82) is 0 Å². The van der Waals surface area contributed by atoms with Crippen molar-refractivity contribution in [1.82, 2.24) is 14.5 Å². The molecular formula is C25H27FN6O5S. The molecule has 4 aromatic rings. The summed E-state index contributed by atoms with van der Waals surface area (Å²) in [4.78, 5) is 19.3. The normalized spacial score (nSPS) is 12.6. The molecule has 3 heterocycles. The number of sulfonamides is 1. The molecule has 1 aliphatic rings. The summed E-state index contributed by atoms with van der Waals surface area (Å²) in [6.07, 6.45) is 6.32. The Morgan fingerprint density at radius 2 is 2.05 bits per heavy atom. The lowest BCUT2D eigenvalue weighted by Gasteiger charge is -2.20. The first-order valence-corrected chi connectivity index (χ1v) is 13.1. The van der Waals surface area contributed by atoms with Gasteiger partial charge in [-0.1, -0.05) is 25.6 Å². The molecule has 13 heteroatoms. The Morgan fingerprint density at radius 3 is 2.74 bits per heavy atom. The van der Waals surface area contributed by atoms with E-state index >= 15 is 0 Å². The number of nitrogens with one attached hydrogen (secondary N) is 1. The molecule has 0 saturated carbocycles. The van der Waals surface area contributed by atoms with Crippen molar-refractivity contribution in [3.8, 4) is 17.0 Å². The summed E-state index contributed by atoms with van der Waals surface area (Å²) in [7, 11) is -0.929. The predicted octanol–water partition coefficient (Wildman–Crippen LogP) is 4.88. The van der Waals surface area contributed by atoms with E-state index in [4.69, 9.17) is 4.74 Å². The third-order valence-electron chi connectivity index (χ3n) is 6.40. The van der Waals surface area contributed by atoms with E-state index < -0.39 is 26.5 Å². The van der Waals surface area contributed by atoms with E-state index in [0.717, 1.165) is 53.0 Å². The third-order valence-corrected chi connectivity index (χ3v) is 7.59. The average Bonchev–Trinajstić information content (AvgIpc) is 3.24. The molecule has 0 bridgehead atoms. The van der Waals surface area contributed by atoms with Crippen LogP contribution in [0.3, 0.4) is 0 Å². The Labute approximate surface area is 219 Å². The summed E-state index contributed by atoms with van der Waals surface area (Å²) in [5.74, 6) is -1.02. The van der Waals surface area contributed by atoms with Crippen molar-refractivity contribution >= 4 is 43.9 Å². The van der Waals surface area contributed by atoms with E-state index in [-0.39, 0.29) is 30.5 Å². The van der Waals surface area contributed by atoms with Crippen LogP contribution in [-0.4, -0.2) is 48.3 Å². The molecule has 200 valence electrons. The van der Waals surface area contributed by atoms with Crippen LogP contribution in [0.25, 0.3) is 22.2 Å². The van der Waals surface area contributed by atoms with Gasteiger partial charge in [0.1, 0.15) is 11.4 Å².